The molecule has 58 valence electrons. The predicted octanol–water partition coefficient (Wildman–Crippen LogP) is 1.09. The quantitative estimate of drug-likeness (QED) is 0.548. The summed E-state index contributed by atoms with van der Waals surface area (Å²) in [5.41, 5.74) is 5.80. The van der Waals surface area contributed by atoms with Crippen LogP contribution in [0.15, 0.2) is 0 Å². The van der Waals surface area contributed by atoms with Crippen molar-refractivity contribution in [3.63, 3.8) is 0 Å². The number of rotatable bonds is 0. The molecule has 0 heterocycles. The van der Waals surface area contributed by atoms with Crippen LogP contribution in [0.2, 0.25) is 0 Å². The molecule has 0 aromatic rings. The topological polar surface area (TPSA) is 43.1 Å². The predicted molar refractivity (Wildman–Crippen MR) is 40.6 cm³/mol. The Morgan fingerprint density at radius 2 is 1.80 bits per heavy atom. The summed E-state index contributed by atoms with van der Waals surface area (Å²) >= 11 is 0. The van der Waals surface area contributed by atoms with Gasteiger partial charge in [0.2, 0.25) is 0 Å². The molecule has 2 nitrogen and oxygen atoms in total. The van der Waals surface area contributed by atoms with Crippen molar-refractivity contribution in [2.75, 3.05) is 0 Å². The molecule has 1 fully saturated rings. The standard InChI is InChI=1S/C8H15NO/c1-7(2,3)8(9)4-6(10)5-8/h4-5,9H2,1-3H3. The van der Waals surface area contributed by atoms with Gasteiger partial charge in [0.1, 0.15) is 5.78 Å². The van der Waals surface area contributed by atoms with Crippen molar-refractivity contribution in [2.45, 2.75) is 39.2 Å². The molecule has 0 bridgehead atoms. The van der Waals surface area contributed by atoms with Gasteiger partial charge in [-0.15, -0.1) is 0 Å². The minimum atomic E-state index is -0.218. The number of carbonyl (C=O) groups excluding carboxylic acids is 1. The van der Waals surface area contributed by atoms with Crippen LogP contribution in [0.4, 0.5) is 0 Å². The summed E-state index contributed by atoms with van der Waals surface area (Å²) in [5.74, 6) is 0.303. The lowest BCUT2D eigenvalue weighted by atomic mass is 9.61. The van der Waals surface area contributed by atoms with Gasteiger partial charge in [0, 0.05) is 18.4 Å². The summed E-state index contributed by atoms with van der Waals surface area (Å²) in [6.07, 6.45) is 1.13. The summed E-state index contributed by atoms with van der Waals surface area (Å²) in [4.78, 5) is 10.7. The molecule has 0 amide bonds. The molecule has 1 aliphatic carbocycles. The smallest absolute Gasteiger partial charge is 0.136 e. The molecule has 1 aliphatic rings. The maximum atomic E-state index is 10.7. The molecule has 0 aliphatic heterocycles. The van der Waals surface area contributed by atoms with Gasteiger partial charge >= 0.3 is 0 Å². The molecular weight excluding hydrogens is 126 g/mol. The highest BCUT2D eigenvalue weighted by Gasteiger charge is 2.48. The molecule has 0 aromatic carbocycles. The zero-order chi connectivity index (χ0) is 7.99. The van der Waals surface area contributed by atoms with Crippen LogP contribution in [0.3, 0.4) is 0 Å². The molecule has 0 spiro atoms. The maximum absolute atomic E-state index is 10.7. The van der Waals surface area contributed by atoms with Crippen LogP contribution in [0, 0.1) is 5.41 Å². The fraction of sp³-hybridized carbons (Fsp3) is 0.875. The lowest BCUT2D eigenvalue weighted by Gasteiger charge is -2.47. The number of carbonyl (C=O) groups is 1. The van der Waals surface area contributed by atoms with Crippen LogP contribution in [-0.2, 0) is 4.79 Å². The van der Waals surface area contributed by atoms with Crippen molar-refractivity contribution < 1.29 is 4.79 Å². The second kappa shape index (κ2) is 1.82. The molecule has 0 saturated heterocycles. The highest BCUT2D eigenvalue weighted by atomic mass is 16.1. The molecule has 2 N–H and O–H groups in total. The Morgan fingerprint density at radius 1 is 1.40 bits per heavy atom. The van der Waals surface area contributed by atoms with Crippen molar-refractivity contribution >= 4 is 5.78 Å². The third-order valence-electron chi connectivity index (χ3n) is 2.52. The van der Waals surface area contributed by atoms with Gasteiger partial charge in [0.25, 0.3) is 0 Å². The van der Waals surface area contributed by atoms with Crippen LogP contribution >= 0.6 is 0 Å². The molecule has 1 rings (SSSR count). The number of hydrogen-bond acceptors (Lipinski definition) is 2. The number of ketones is 1. The third kappa shape index (κ3) is 0.966. The molecule has 0 radical (unpaired) electrons. The van der Waals surface area contributed by atoms with E-state index in [1.165, 1.54) is 0 Å². The molecule has 0 atom stereocenters. The van der Waals surface area contributed by atoms with E-state index in [0.29, 0.717) is 18.6 Å². The minimum Gasteiger partial charge on any atom is -0.324 e. The second-order valence-electron chi connectivity index (χ2n) is 4.30. The van der Waals surface area contributed by atoms with E-state index in [1.807, 2.05) is 0 Å². The fourth-order valence-corrected chi connectivity index (χ4v) is 1.18. The number of hydrogen-bond donors (Lipinski definition) is 1. The van der Waals surface area contributed by atoms with E-state index in [0.717, 1.165) is 0 Å². The van der Waals surface area contributed by atoms with Crippen molar-refractivity contribution in [3.8, 4) is 0 Å². The van der Waals surface area contributed by atoms with Crippen LogP contribution < -0.4 is 5.73 Å². The maximum Gasteiger partial charge on any atom is 0.136 e. The molecular formula is C8H15NO. The Balaban J connectivity index is 2.65. The van der Waals surface area contributed by atoms with E-state index in [-0.39, 0.29) is 11.0 Å². The highest BCUT2D eigenvalue weighted by molar-refractivity contribution is 5.87. The first kappa shape index (κ1) is 7.73. The zero-order valence-electron chi connectivity index (χ0n) is 6.90. The van der Waals surface area contributed by atoms with E-state index in [4.69, 9.17) is 5.73 Å². The monoisotopic (exact) mass is 141 g/mol. The first-order valence-corrected chi connectivity index (χ1v) is 3.66. The van der Waals surface area contributed by atoms with E-state index < -0.39 is 0 Å². The highest BCUT2D eigenvalue weighted by Crippen LogP contribution is 2.41. The van der Waals surface area contributed by atoms with Crippen molar-refractivity contribution in [1.29, 1.82) is 0 Å². The van der Waals surface area contributed by atoms with E-state index >= 15 is 0 Å². The lowest BCUT2D eigenvalue weighted by Crippen LogP contribution is -2.60. The van der Waals surface area contributed by atoms with Crippen LogP contribution in [0.1, 0.15) is 33.6 Å². The van der Waals surface area contributed by atoms with Crippen molar-refractivity contribution in [3.05, 3.63) is 0 Å². The van der Waals surface area contributed by atoms with E-state index in [9.17, 15) is 4.79 Å². The average Bonchev–Trinajstić information content (AvgIpc) is 1.58. The van der Waals surface area contributed by atoms with Crippen LogP contribution in [0.25, 0.3) is 0 Å². The third-order valence-corrected chi connectivity index (χ3v) is 2.52. The Hall–Kier alpha value is -0.370. The largest absolute Gasteiger partial charge is 0.324 e. The Labute approximate surface area is 61.8 Å². The van der Waals surface area contributed by atoms with E-state index in [1.54, 1.807) is 0 Å². The van der Waals surface area contributed by atoms with Gasteiger partial charge < -0.3 is 5.73 Å². The SMILES string of the molecule is CC(C)(C)C1(N)CC(=O)C1. The Morgan fingerprint density at radius 3 is 1.90 bits per heavy atom. The van der Waals surface area contributed by atoms with Gasteiger partial charge in [-0.05, 0) is 5.41 Å². The van der Waals surface area contributed by atoms with Crippen LogP contribution in [0.5, 0.6) is 0 Å². The van der Waals surface area contributed by atoms with Crippen molar-refractivity contribution in [1.82, 2.24) is 0 Å². The average molecular weight is 141 g/mol. The summed E-state index contributed by atoms with van der Waals surface area (Å²) in [6, 6.07) is 0. The van der Waals surface area contributed by atoms with Gasteiger partial charge in [-0.2, -0.15) is 0 Å². The molecule has 0 unspecified atom stereocenters. The Bertz CT molecular complexity index is 159. The zero-order valence-corrected chi connectivity index (χ0v) is 6.90. The first-order chi connectivity index (χ1) is 4.35. The van der Waals surface area contributed by atoms with Gasteiger partial charge in [0.15, 0.2) is 0 Å². The van der Waals surface area contributed by atoms with Crippen molar-refractivity contribution in [2.24, 2.45) is 11.1 Å². The van der Waals surface area contributed by atoms with Gasteiger partial charge in [-0.25, -0.2) is 0 Å². The summed E-state index contributed by atoms with van der Waals surface area (Å²) in [5, 5.41) is 0. The molecule has 1 saturated carbocycles. The summed E-state index contributed by atoms with van der Waals surface area (Å²) in [6.45, 7) is 6.25. The molecule has 10 heavy (non-hydrogen) atoms. The normalized spacial score (nSPS) is 24.2. The van der Waals surface area contributed by atoms with Crippen LogP contribution in [-0.4, -0.2) is 11.3 Å². The van der Waals surface area contributed by atoms with Gasteiger partial charge in [-0.3, -0.25) is 4.79 Å². The number of nitrogens with two attached hydrogens (primary N) is 1. The summed E-state index contributed by atoms with van der Waals surface area (Å²) < 4.78 is 0. The fourth-order valence-electron chi connectivity index (χ4n) is 1.18. The van der Waals surface area contributed by atoms with Gasteiger partial charge in [-0.1, -0.05) is 20.8 Å². The minimum absolute atomic E-state index is 0.0703. The molecule has 0 aromatic heterocycles. The number of Topliss-reactive ketones (excluding diaryl/α,β-unsaturated/α-hetero) is 1. The second-order valence-corrected chi connectivity index (χ2v) is 4.30. The summed E-state index contributed by atoms with van der Waals surface area (Å²) in [7, 11) is 0. The lowest BCUT2D eigenvalue weighted by molar-refractivity contribution is -0.131. The van der Waals surface area contributed by atoms with Gasteiger partial charge in [0.05, 0.1) is 0 Å². The molecule has 2 heteroatoms. The first-order valence-electron chi connectivity index (χ1n) is 3.66. The Kier molecular flexibility index (Phi) is 1.40. The van der Waals surface area contributed by atoms with E-state index in [2.05, 4.69) is 20.8 Å².